The average molecular weight is 1370 g/mol. The molecule has 0 radical (unpaired) electrons. The molecule has 31 heteroatoms. The van der Waals surface area contributed by atoms with Gasteiger partial charge in [0, 0.05) is 60.5 Å². The molecule has 0 bridgehead atoms. The number of halogens is 1. The van der Waals surface area contributed by atoms with Gasteiger partial charge in [-0.1, -0.05) is 19.1 Å². The van der Waals surface area contributed by atoms with E-state index in [0.717, 1.165) is 12.2 Å². The Labute approximate surface area is 564 Å². The van der Waals surface area contributed by atoms with E-state index in [1.165, 1.54) is 50.5 Å². The van der Waals surface area contributed by atoms with Crippen molar-refractivity contribution in [3.63, 3.8) is 0 Å². The summed E-state index contributed by atoms with van der Waals surface area (Å²) >= 11 is 0. The molecule has 30 nitrogen and oxygen atoms in total. The number of nitrogens with one attached hydrogen (secondary N) is 6. The van der Waals surface area contributed by atoms with E-state index < -0.39 is 107 Å². The van der Waals surface area contributed by atoms with E-state index >= 15 is 4.39 Å². The Morgan fingerprint density at radius 3 is 1.90 bits per heavy atom. The monoisotopic (exact) mass is 1370 g/mol. The van der Waals surface area contributed by atoms with Crippen molar-refractivity contribution in [1.82, 2.24) is 41.0 Å². The fourth-order valence-electron chi connectivity index (χ4n) is 11.3. The van der Waals surface area contributed by atoms with E-state index in [2.05, 4.69) is 31.9 Å². The molecule has 8 amide bonds. The standard InChI is InChI=1S/C67H86FN9O21/c1-8-67(88)47-33-51-58-45(36-76(51)62(84)46(47)38-97-64(67)86)57-49(14-13-44-39(2)48(68)34-50(73-58)56(44)57)74-63(85)66(5,6)75-65(87)98-37-42-9-11-43(12-10-42)72-60(82)41(4)70-59(81)40(3)71-61(83)52(77-54(79)15-16-55(77)80)35-69-53(78)17-18-90-21-22-92-25-26-94-29-30-96-32-31-95-28-27-93-24-23-91-20-19-89-7/h9-12,15-16,33-34,40-41,49,52,88H,8,13-14,17-32,35-38H2,1-7H3,(H,69,78)(H,70,81)(H,71,83)(H,72,82)(H,74,85)(H,75,87)/t40-,41-,49-,52?,67-/m0/s1. The minimum absolute atomic E-state index is 0.00489. The number of carbonyl (C=O) groups is 9. The summed E-state index contributed by atoms with van der Waals surface area (Å²) in [6.45, 7) is 13.5. The molecule has 5 atom stereocenters. The molecule has 98 heavy (non-hydrogen) atoms. The predicted molar refractivity (Wildman–Crippen MR) is 346 cm³/mol. The van der Waals surface area contributed by atoms with E-state index in [-0.39, 0.29) is 63.5 Å². The minimum atomic E-state index is -2.07. The molecular formula is C67H86FN9O21. The molecule has 4 aromatic rings. The molecule has 4 aliphatic rings. The van der Waals surface area contributed by atoms with Crippen molar-refractivity contribution in [3.8, 4) is 11.4 Å². The fourth-order valence-corrected chi connectivity index (χ4v) is 11.3. The number of imide groups is 1. The Bertz CT molecular complexity index is 3660. The third kappa shape index (κ3) is 19.0. The van der Waals surface area contributed by atoms with Gasteiger partial charge in [-0.3, -0.25) is 43.3 Å². The zero-order valence-electron chi connectivity index (χ0n) is 56.0. The summed E-state index contributed by atoms with van der Waals surface area (Å²) in [7, 11) is 1.61. The Morgan fingerprint density at radius 1 is 0.755 bits per heavy atom. The largest absolute Gasteiger partial charge is 0.458 e. The number of carbonyl (C=O) groups excluding carboxylic acids is 9. The number of rotatable bonds is 39. The summed E-state index contributed by atoms with van der Waals surface area (Å²) in [6.07, 6.45) is 1.52. The lowest BCUT2D eigenvalue weighted by atomic mass is 9.81. The molecule has 3 aliphatic heterocycles. The van der Waals surface area contributed by atoms with Crippen molar-refractivity contribution >= 4 is 70.0 Å². The second-order valence-electron chi connectivity index (χ2n) is 24.1. The zero-order chi connectivity index (χ0) is 70.7. The first-order chi connectivity index (χ1) is 47.0. The molecule has 0 fully saturated rings. The summed E-state index contributed by atoms with van der Waals surface area (Å²) in [5, 5.41) is 27.9. The smallest absolute Gasteiger partial charge is 0.408 e. The van der Waals surface area contributed by atoms with Crippen LogP contribution in [0.2, 0.25) is 0 Å². The lowest BCUT2D eigenvalue weighted by Gasteiger charge is -2.33. The first-order valence-corrected chi connectivity index (χ1v) is 32.4. The van der Waals surface area contributed by atoms with Gasteiger partial charge in [-0.15, -0.1) is 0 Å². The second-order valence-corrected chi connectivity index (χ2v) is 24.1. The van der Waals surface area contributed by atoms with Crippen LogP contribution in [0.25, 0.3) is 22.3 Å². The maximum Gasteiger partial charge on any atom is 0.408 e. The van der Waals surface area contributed by atoms with E-state index in [0.29, 0.717) is 153 Å². The lowest BCUT2D eigenvalue weighted by Crippen LogP contribution is -2.58. The Morgan fingerprint density at radius 2 is 1.32 bits per heavy atom. The van der Waals surface area contributed by atoms with Gasteiger partial charge in [-0.05, 0) is 94.3 Å². The quantitative estimate of drug-likeness (QED) is 0.0168. The topological polar surface area (TPSA) is 376 Å². The van der Waals surface area contributed by atoms with E-state index in [1.54, 1.807) is 39.2 Å². The van der Waals surface area contributed by atoms with Gasteiger partial charge in [0.1, 0.15) is 42.7 Å². The van der Waals surface area contributed by atoms with Crippen molar-refractivity contribution in [2.24, 2.45) is 0 Å². The number of methoxy groups -OCH3 is 1. The van der Waals surface area contributed by atoms with E-state index in [4.69, 9.17) is 52.4 Å². The Balaban J connectivity index is 0.726. The molecule has 2 aromatic heterocycles. The highest BCUT2D eigenvalue weighted by atomic mass is 19.1. The lowest BCUT2D eigenvalue weighted by molar-refractivity contribution is -0.172. The number of pyridine rings is 2. The summed E-state index contributed by atoms with van der Waals surface area (Å²) < 4.78 is 70.7. The van der Waals surface area contributed by atoms with Crippen molar-refractivity contribution in [2.45, 2.75) is 122 Å². The molecule has 5 heterocycles. The van der Waals surface area contributed by atoms with Crippen LogP contribution in [-0.2, 0) is 118 Å². The second kappa shape index (κ2) is 35.2. The first kappa shape index (κ1) is 75.1. The number of alkyl carbamates (subject to hydrolysis) is 1. The average Bonchev–Trinajstić information content (AvgIpc) is 1.48. The van der Waals surface area contributed by atoms with Crippen LogP contribution in [0, 0.1) is 12.7 Å². The summed E-state index contributed by atoms with van der Waals surface area (Å²) in [4.78, 5) is 138. The van der Waals surface area contributed by atoms with Crippen molar-refractivity contribution in [1.29, 1.82) is 0 Å². The van der Waals surface area contributed by atoms with Gasteiger partial charge >= 0.3 is 12.1 Å². The molecule has 0 saturated heterocycles. The number of aryl methyl sites for hydroxylation is 1. The number of aliphatic hydroxyl groups is 1. The summed E-state index contributed by atoms with van der Waals surface area (Å²) in [6, 6.07) is 4.38. The third-order valence-electron chi connectivity index (χ3n) is 16.8. The highest BCUT2D eigenvalue weighted by Crippen LogP contribution is 2.46. The van der Waals surface area contributed by atoms with Gasteiger partial charge in [0.15, 0.2) is 5.60 Å². The zero-order valence-corrected chi connectivity index (χ0v) is 56.0. The van der Waals surface area contributed by atoms with Crippen molar-refractivity contribution in [3.05, 3.63) is 104 Å². The normalized spacial score (nSPS) is 16.9. The molecule has 532 valence electrons. The maximum atomic E-state index is 15.5. The van der Waals surface area contributed by atoms with Crippen LogP contribution in [0.3, 0.4) is 0 Å². The van der Waals surface area contributed by atoms with Gasteiger partial charge in [0.2, 0.25) is 29.5 Å². The van der Waals surface area contributed by atoms with Crippen molar-refractivity contribution < 1.29 is 100 Å². The number of aromatic nitrogens is 2. The number of hydrogen-bond acceptors (Lipinski definition) is 22. The Kier molecular flexibility index (Phi) is 27.0. The molecule has 1 unspecified atom stereocenters. The van der Waals surface area contributed by atoms with Crippen LogP contribution in [0.4, 0.5) is 14.9 Å². The summed E-state index contributed by atoms with van der Waals surface area (Å²) in [5.74, 6) is -6.48. The number of hydrogen-bond donors (Lipinski definition) is 7. The number of benzene rings is 2. The number of cyclic esters (lactones) is 1. The van der Waals surface area contributed by atoms with Gasteiger partial charge in [0.25, 0.3) is 17.4 Å². The van der Waals surface area contributed by atoms with Gasteiger partial charge < -0.3 is 88.9 Å². The van der Waals surface area contributed by atoms with Gasteiger partial charge in [-0.2, -0.15) is 0 Å². The fraction of sp³-hybridized carbons (Fsp3) is 0.537. The molecular weight excluding hydrogens is 1290 g/mol. The molecule has 8 rings (SSSR count). The third-order valence-corrected chi connectivity index (χ3v) is 16.8. The van der Waals surface area contributed by atoms with E-state index in [1.807, 2.05) is 0 Å². The molecule has 2 aromatic carbocycles. The van der Waals surface area contributed by atoms with Crippen LogP contribution in [0.5, 0.6) is 0 Å². The van der Waals surface area contributed by atoms with Crippen LogP contribution in [0.1, 0.15) is 98.9 Å². The summed E-state index contributed by atoms with van der Waals surface area (Å²) in [5.41, 5.74) is 0.235. The minimum Gasteiger partial charge on any atom is -0.458 e. The van der Waals surface area contributed by atoms with Gasteiger partial charge in [-0.25, -0.2) is 19.0 Å². The Hall–Kier alpha value is -8.66. The number of fused-ring (bicyclic) bond motifs is 5. The predicted octanol–water partition coefficient (Wildman–Crippen LogP) is 1.85. The number of anilines is 1. The number of amides is 8. The molecule has 1 aliphatic carbocycles. The van der Waals surface area contributed by atoms with Crippen molar-refractivity contribution in [2.75, 3.05) is 118 Å². The number of ether oxygens (including phenoxy) is 10. The van der Waals surface area contributed by atoms with Gasteiger partial charge in [0.05, 0.1) is 134 Å². The highest BCUT2D eigenvalue weighted by Gasteiger charge is 2.46. The SMILES string of the molecule is CC[C@@]1(O)C(=O)OCc2c1cc1n(c2=O)Cc2c-1nc1cc(F)c(C)c3c1c2[C@@H](NC(=O)C(C)(C)NC(=O)OCc1ccc(NC(=O)[C@H](C)NC(=O)[C@H](C)NC(=O)C(CNC(=O)CCOCCOCCOCCOCCOCCOCCOCCOC)N2C(=O)C=CC2=O)cc1)CC3. The van der Waals surface area contributed by atoms with E-state index in [9.17, 15) is 53.1 Å². The van der Waals surface area contributed by atoms with Crippen LogP contribution in [-0.4, -0.2) is 209 Å². The molecule has 0 saturated carbocycles. The van der Waals surface area contributed by atoms with Crippen LogP contribution < -0.4 is 37.5 Å². The number of nitrogens with zero attached hydrogens (tertiary/aromatic N) is 3. The number of esters is 1. The first-order valence-electron chi connectivity index (χ1n) is 32.4. The highest BCUT2D eigenvalue weighted by molar-refractivity contribution is 6.15. The van der Waals surface area contributed by atoms with Crippen LogP contribution in [0.15, 0.2) is 53.3 Å². The molecule has 0 spiro atoms. The molecule has 7 N–H and O–H groups in total. The van der Waals surface area contributed by atoms with Crippen LogP contribution >= 0.6 is 0 Å². The maximum absolute atomic E-state index is 15.5.